The van der Waals surface area contributed by atoms with Crippen LogP contribution in [0.15, 0.2) is 30.3 Å². The Bertz CT molecular complexity index is 452. The molecule has 2 rings (SSSR count). The van der Waals surface area contributed by atoms with Gasteiger partial charge in [-0.3, -0.25) is 15.6 Å². The molecule has 1 aliphatic heterocycles. The molecule has 0 aromatic heterocycles. The van der Waals surface area contributed by atoms with Crippen molar-refractivity contribution in [3.63, 3.8) is 0 Å². The number of carboxylic acid groups (broad SMARTS) is 1. The minimum Gasteiger partial charge on any atom is -0.481 e. The van der Waals surface area contributed by atoms with Crippen LogP contribution in [0.3, 0.4) is 0 Å². The van der Waals surface area contributed by atoms with Gasteiger partial charge in [0, 0.05) is 18.5 Å². The second-order valence-corrected chi connectivity index (χ2v) is 6.13. The van der Waals surface area contributed by atoms with E-state index in [9.17, 15) is 4.79 Å². The summed E-state index contributed by atoms with van der Waals surface area (Å²) < 4.78 is 0. The molecule has 122 valence electrons. The molecule has 0 bridgehead atoms. The zero-order valence-electron chi connectivity index (χ0n) is 13.3. The first-order valence-corrected chi connectivity index (χ1v) is 8.11. The molecule has 0 spiro atoms. The smallest absolute Gasteiger partial charge is 0.303 e. The van der Waals surface area contributed by atoms with Crippen LogP contribution >= 0.6 is 0 Å². The normalized spacial score (nSPS) is 21.4. The highest BCUT2D eigenvalue weighted by atomic mass is 16.4. The van der Waals surface area contributed by atoms with Gasteiger partial charge in [-0.15, -0.1) is 0 Å². The minimum atomic E-state index is -0.707. The van der Waals surface area contributed by atoms with E-state index in [1.165, 1.54) is 5.56 Å². The number of aliphatic carboxylic acids is 1. The molecule has 22 heavy (non-hydrogen) atoms. The SMILES string of the molecule is CN(CCCC(=O)O)CCCC1CC(c2ccccc2)NN1. The zero-order valence-corrected chi connectivity index (χ0v) is 13.3. The lowest BCUT2D eigenvalue weighted by Gasteiger charge is -2.17. The molecule has 0 aliphatic carbocycles. The highest BCUT2D eigenvalue weighted by molar-refractivity contribution is 5.66. The third-order valence-corrected chi connectivity index (χ3v) is 4.21. The summed E-state index contributed by atoms with van der Waals surface area (Å²) in [6.45, 7) is 1.88. The Hall–Kier alpha value is -1.43. The molecule has 0 saturated carbocycles. The Kier molecular flexibility index (Phi) is 6.83. The van der Waals surface area contributed by atoms with Crippen LogP contribution in [0, 0.1) is 0 Å². The number of carboxylic acids is 1. The van der Waals surface area contributed by atoms with Crippen molar-refractivity contribution in [2.75, 3.05) is 20.1 Å². The first-order chi connectivity index (χ1) is 10.6. The molecule has 5 nitrogen and oxygen atoms in total. The molecule has 0 radical (unpaired) electrons. The highest BCUT2D eigenvalue weighted by Crippen LogP contribution is 2.23. The monoisotopic (exact) mass is 305 g/mol. The van der Waals surface area contributed by atoms with Crippen molar-refractivity contribution in [2.45, 2.75) is 44.2 Å². The lowest BCUT2D eigenvalue weighted by Crippen LogP contribution is -2.31. The second kappa shape index (κ2) is 8.88. The van der Waals surface area contributed by atoms with E-state index in [1.807, 2.05) is 6.07 Å². The van der Waals surface area contributed by atoms with E-state index in [2.05, 4.69) is 47.1 Å². The quantitative estimate of drug-likeness (QED) is 0.652. The maximum Gasteiger partial charge on any atom is 0.303 e. The largest absolute Gasteiger partial charge is 0.481 e. The van der Waals surface area contributed by atoms with E-state index in [0.717, 1.165) is 38.8 Å². The number of benzene rings is 1. The molecule has 2 unspecified atom stereocenters. The van der Waals surface area contributed by atoms with E-state index in [1.54, 1.807) is 0 Å². The first kappa shape index (κ1) is 16.9. The van der Waals surface area contributed by atoms with Crippen molar-refractivity contribution in [1.82, 2.24) is 15.8 Å². The molecule has 1 saturated heterocycles. The molecular weight excluding hydrogens is 278 g/mol. The van der Waals surface area contributed by atoms with Gasteiger partial charge in [-0.05, 0) is 51.4 Å². The first-order valence-electron chi connectivity index (χ1n) is 8.11. The standard InChI is InChI=1S/C17H27N3O2/c1-20(12-6-10-17(21)22)11-5-9-15-13-16(19-18-15)14-7-3-2-4-8-14/h2-4,7-8,15-16,18-19H,5-6,9-13H2,1H3,(H,21,22). The molecule has 1 fully saturated rings. The predicted octanol–water partition coefficient (Wildman–Crippen LogP) is 2.17. The van der Waals surface area contributed by atoms with Gasteiger partial charge in [0.2, 0.25) is 0 Å². The number of rotatable bonds is 9. The maximum atomic E-state index is 10.5. The highest BCUT2D eigenvalue weighted by Gasteiger charge is 2.24. The average Bonchev–Trinajstić information content (AvgIpc) is 2.97. The fraction of sp³-hybridized carbons (Fsp3) is 0.588. The van der Waals surface area contributed by atoms with Crippen LogP contribution in [0.2, 0.25) is 0 Å². The molecule has 1 heterocycles. The fourth-order valence-electron chi connectivity index (χ4n) is 2.94. The molecule has 1 aliphatic rings. The van der Waals surface area contributed by atoms with Gasteiger partial charge in [0.1, 0.15) is 0 Å². The average molecular weight is 305 g/mol. The fourth-order valence-corrected chi connectivity index (χ4v) is 2.94. The second-order valence-electron chi connectivity index (χ2n) is 6.13. The Morgan fingerprint density at radius 2 is 1.95 bits per heavy atom. The van der Waals surface area contributed by atoms with Crippen LogP contribution < -0.4 is 10.9 Å². The van der Waals surface area contributed by atoms with Gasteiger partial charge >= 0.3 is 5.97 Å². The Morgan fingerprint density at radius 3 is 2.68 bits per heavy atom. The van der Waals surface area contributed by atoms with Crippen LogP contribution in [0.1, 0.15) is 43.7 Å². The summed E-state index contributed by atoms with van der Waals surface area (Å²) in [5.74, 6) is -0.707. The molecule has 1 aromatic rings. The zero-order chi connectivity index (χ0) is 15.8. The lowest BCUT2D eigenvalue weighted by atomic mass is 10.00. The summed E-state index contributed by atoms with van der Waals surface area (Å²) >= 11 is 0. The summed E-state index contributed by atoms with van der Waals surface area (Å²) in [4.78, 5) is 12.7. The number of nitrogens with zero attached hydrogens (tertiary/aromatic N) is 1. The van der Waals surface area contributed by atoms with Crippen LogP contribution in [0.25, 0.3) is 0 Å². The summed E-state index contributed by atoms with van der Waals surface area (Å²) in [6.07, 6.45) is 4.37. The third-order valence-electron chi connectivity index (χ3n) is 4.21. The van der Waals surface area contributed by atoms with Crippen molar-refractivity contribution in [2.24, 2.45) is 0 Å². The van der Waals surface area contributed by atoms with Gasteiger partial charge in [0.15, 0.2) is 0 Å². The van der Waals surface area contributed by atoms with E-state index < -0.39 is 5.97 Å². The number of carbonyl (C=O) groups is 1. The van der Waals surface area contributed by atoms with E-state index in [4.69, 9.17) is 5.11 Å². The van der Waals surface area contributed by atoms with Gasteiger partial charge in [-0.25, -0.2) is 0 Å². The number of hydrogen-bond acceptors (Lipinski definition) is 4. The van der Waals surface area contributed by atoms with Crippen molar-refractivity contribution in [3.05, 3.63) is 35.9 Å². The predicted molar refractivity (Wildman–Crippen MR) is 87.5 cm³/mol. The summed E-state index contributed by atoms with van der Waals surface area (Å²) in [6, 6.07) is 11.4. The number of hydrogen-bond donors (Lipinski definition) is 3. The molecule has 3 N–H and O–H groups in total. The van der Waals surface area contributed by atoms with Crippen molar-refractivity contribution >= 4 is 5.97 Å². The lowest BCUT2D eigenvalue weighted by molar-refractivity contribution is -0.137. The van der Waals surface area contributed by atoms with Gasteiger partial charge < -0.3 is 10.0 Å². The van der Waals surface area contributed by atoms with Crippen molar-refractivity contribution < 1.29 is 9.90 Å². The molecule has 2 atom stereocenters. The van der Waals surface area contributed by atoms with E-state index in [0.29, 0.717) is 12.1 Å². The van der Waals surface area contributed by atoms with Crippen LogP contribution in [-0.4, -0.2) is 42.2 Å². The summed E-state index contributed by atoms with van der Waals surface area (Å²) in [5, 5.41) is 8.63. The Morgan fingerprint density at radius 1 is 1.23 bits per heavy atom. The molecule has 0 amide bonds. The Balaban J connectivity index is 1.59. The maximum absolute atomic E-state index is 10.5. The summed E-state index contributed by atoms with van der Waals surface area (Å²) in [5.41, 5.74) is 8.11. The Labute approximate surface area is 132 Å². The van der Waals surface area contributed by atoms with Gasteiger partial charge in [-0.2, -0.15) is 0 Å². The van der Waals surface area contributed by atoms with Gasteiger partial charge in [0.05, 0.1) is 0 Å². The van der Waals surface area contributed by atoms with Gasteiger partial charge in [-0.1, -0.05) is 30.3 Å². The summed E-state index contributed by atoms with van der Waals surface area (Å²) in [7, 11) is 2.06. The van der Waals surface area contributed by atoms with Gasteiger partial charge in [0.25, 0.3) is 0 Å². The van der Waals surface area contributed by atoms with Crippen LogP contribution in [0.4, 0.5) is 0 Å². The third kappa shape index (κ3) is 5.75. The van der Waals surface area contributed by atoms with Crippen LogP contribution in [0.5, 0.6) is 0 Å². The molecule has 1 aromatic carbocycles. The van der Waals surface area contributed by atoms with Crippen molar-refractivity contribution in [1.29, 1.82) is 0 Å². The minimum absolute atomic E-state index is 0.261. The number of nitrogens with one attached hydrogen (secondary N) is 2. The number of hydrazine groups is 1. The van der Waals surface area contributed by atoms with E-state index >= 15 is 0 Å². The van der Waals surface area contributed by atoms with E-state index in [-0.39, 0.29) is 6.42 Å². The molecule has 5 heteroatoms. The molecular formula is C17H27N3O2. The van der Waals surface area contributed by atoms with Crippen LogP contribution in [-0.2, 0) is 4.79 Å². The van der Waals surface area contributed by atoms with Crippen molar-refractivity contribution in [3.8, 4) is 0 Å². The topological polar surface area (TPSA) is 64.6 Å².